The molecular weight excluding hydrogens is 254 g/mol. The average Bonchev–Trinajstić information content (AvgIpc) is 2.98. The van der Waals surface area contributed by atoms with E-state index in [1.54, 1.807) is 0 Å². The van der Waals surface area contributed by atoms with Crippen LogP contribution < -0.4 is 5.32 Å². The van der Waals surface area contributed by atoms with Gasteiger partial charge in [0.15, 0.2) is 0 Å². The Kier molecular flexibility index (Phi) is 3.24. The molecule has 2 bridgehead atoms. The first-order valence-corrected chi connectivity index (χ1v) is 7.16. The van der Waals surface area contributed by atoms with Crippen LogP contribution in [0.5, 0.6) is 0 Å². The van der Waals surface area contributed by atoms with Crippen LogP contribution in [0.4, 0.5) is 5.69 Å². The Hall–Kier alpha value is -1.84. The number of fused-ring (bicyclic) bond motifs is 2. The number of aliphatic carboxylic acids is 1. The molecule has 106 valence electrons. The van der Waals surface area contributed by atoms with E-state index in [0.29, 0.717) is 0 Å². The molecular formula is C16H19NO3. The summed E-state index contributed by atoms with van der Waals surface area (Å²) in [6.07, 6.45) is 2.83. The lowest BCUT2D eigenvalue weighted by atomic mass is 9.78. The minimum Gasteiger partial charge on any atom is -0.481 e. The minimum absolute atomic E-state index is 0.129. The van der Waals surface area contributed by atoms with Crippen LogP contribution in [-0.4, -0.2) is 17.0 Å². The third kappa shape index (κ3) is 2.19. The predicted molar refractivity (Wildman–Crippen MR) is 75.3 cm³/mol. The fourth-order valence-corrected chi connectivity index (χ4v) is 3.97. The number of carbonyl (C=O) groups excluding carboxylic acids is 1. The quantitative estimate of drug-likeness (QED) is 0.889. The van der Waals surface area contributed by atoms with Crippen LogP contribution in [0.3, 0.4) is 0 Å². The fourth-order valence-electron chi connectivity index (χ4n) is 3.97. The molecule has 2 fully saturated rings. The lowest BCUT2D eigenvalue weighted by molar-refractivity contribution is -0.148. The van der Waals surface area contributed by atoms with Gasteiger partial charge in [-0.05, 0) is 55.7 Å². The average molecular weight is 273 g/mol. The standard InChI is InChI=1S/C16H19NO3/c1-9-3-2-4-12(7-9)17-15(18)13-10-5-6-11(8-10)14(13)16(19)20/h2-4,7,10-11,13-14H,5-6,8H2,1H3,(H,17,18)(H,19,20)/t10-,11+,13+,14+/m1/s1. The first-order valence-electron chi connectivity index (χ1n) is 7.16. The Morgan fingerprint density at radius 1 is 1.20 bits per heavy atom. The number of hydrogen-bond donors (Lipinski definition) is 2. The molecule has 20 heavy (non-hydrogen) atoms. The molecule has 1 aromatic carbocycles. The van der Waals surface area contributed by atoms with E-state index in [9.17, 15) is 14.7 Å². The van der Waals surface area contributed by atoms with E-state index in [1.807, 2.05) is 31.2 Å². The van der Waals surface area contributed by atoms with E-state index in [0.717, 1.165) is 30.5 Å². The second-order valence-electron chi connectivity index (χ2n) is 6.08. The third-order valence-corrected chi connectivity index (χ3v) is 4.79. The number of aryl methyl sites for hydroxylation is 1. The molecule has 0 saturated heterocycles. The third-order valence-electron chi connectivity index (χ3n) is 4.79. The molecule has 0 aliphatic heterocycles. The molecule has 0 heterocycles. The highest BCUT2D eigenvalue weighted by Gasteiger charge is 2.53. The van der Waals surface area contributed by atoms with Gasteiger partial charge >= 0.3 is 5.97 Å². The molecule has 2 saturated carbocycles. The van der Waals surface area contributed by atoms with Crippen molar-refractivity contribution in [2.75, 3.05) is 5.32 Å². The molecule has 0 spiro atoms. The number of amides is 1. The van der Waals surface area contributed by atoms with Crippen molar-refractivity contribution in [3.8, 4) is 0 Å². The Morgan fingerprint density at radius 3 is 2.55 bits per heavy atom. The zero-order valence-corrected chi connectivity index (χ0v) is 11.5. The highest BCUT2D eigenvalue weighted by molar-refractivity contribution is 5.96. The lowest BCUT2D eigenvalue weighted by Gasteiger charge is -2.27. The maximum Gasteiger partial charge on any atom is 0.307 e. The number of carbonyl (C=O) groups is 2. The van der Waals surface area contributed by atoms with E-state index < -0.39 is 11.9 Å². The monoisotopic (exact) mass is 273 g/mol. The summed E-state index contributed by atoms with van der Waals surface area (Å²) in [5.41, 5.74) is 1.83. The van der Waals surface area contributed by atoms with Crippen LogP contribution in [0, 0.1) is 30.6 Å². The van der Waals surface area contributed by atoms with Crippen molar-refractivity contribution >= 4 is 17.6 Å². The van der Waals surface area contributed by atoms with Gasteiger partial charge in [0, 0.05) is 5.69 Å². The van der Waals surface area contributed by atoms with Crippen LogP contribution in [0.2, 0.25) is 0 Å². The number of carboxylic acids is 1. The van der Waals surface area contributed by atoms with Crippen LogP contribution in [0.1, 0.15) is 24.8 Å². The Labute approximate surface area is 118 Å². The van der Waals surface area contributed by atoms with Crippen molar-refractivity contribution in [1.82, 2.24) is 0 Å². The molecule has 1 aromatic rings. The summed E-state index contributed by atoms with van der Waals surface area (Å²) in [6.45, 7) is 1.97. The predicted octanol–water partition coefficient (Wildman–Crippen LogP) is 2.68. The number of anilines is 1. The van der Waals surface area contributed by atoms with E-state index in [2.05, 4.69) is 5.32 Å². The molecule has 0 aromatic heterocycles. The zero-order valence-electron chi connectivity index (χ0n) is 11.5. The first kappa shape index (κ1) is 13.2. The van der Waals surface area contributed by atoms with Gasteiger partial charge in [-0.1, -0.05) is 12.1 Å². The van der Waals surface area contributed by atoms with Gasteiger partial charge in [-0.3, -0.25) is 9.59 Å². The first-order chi connectivity index (χ1) is 9.56. The fraction of sp³-hybridized carbons (Fsp3) is 0.500. The highest BCUT2D eigenvalue weighted by atomic mass is 16.4. The van der Waals surface area contributed by atoms with E-state index in [4.69, 9.17) is 0 Å². The van der Waals surface area contributed by atoms with Gasteiger partial charge in [0.2, 0.25) is 5.91 Å². The summed E-state index contributed by atoms with van der Waals surface area (Å²) < 4.78 is 0. The van der Waals surface area contributed by atoms with Crippen LogP contribution in [0.25, 0.3) is 0 Å². The molecule has 0 radical (unpaired) electrons. The Balaban J connectivity index is 1.78. The molecule has 3 rings (SSSR count). The zero-order chi connectivity index (χ0) is 14.3. The summed E-state index contributed by atoms with van der Waals surface area (Å²) in [7, 11) is 0. The van der Waals surface area contributed by atoms with Gasteiger partial charge in [0.25, 0.3) is 0 Å². The molecule has 1 amide bonds. The SMILES string of the molecule is Cc1cccc(NC(=O)[C@H]2[C@@H]3CC[C@@H](C3)[C@@H]2C(=O)O)c1. The maximum atomic E-state index is 12.5. The van der Waals surface area contributed by atoms with Gasteiger partial charge in [-0.2, -0.15) is 0 Å². The van der Waals surface area contributed by atoms with Gasteiger partial charge in [0.05, 0.1) is 11.8 Å². The molecule has 4 nitrogen and oxygen atoms in total. The smallest absolute Gasteiger partial charge is 0.307 e. The topological polar surface area (TPSA) is 66.4 Å². The largest absolute Gasteiger partial charge is 0.481 e. The number of carboxylic acid groups (broad SMARTS) is 1. The maximum absolute atomic E-state index is 12.5. The van der Waals surface area contributed by atoms with Crippen LogP contribution >= 0.6 is 0 Å². The number of benzene rings is 1. The van der Waals surface area contributed by atoms with Crippen molar-refractivity contribution in [1.29, 1.82) is 0 Å². The Morgan fingerprint density at radius 2 is 1.90 bits per heavy atom. The minimum atomic E-state index is -0.818. The highest BCUT2D eigenvalue weighted by Crippen LogP contribution is 2.52. The number of rotatable bonds is 3. The molecule has 2 aliphatic rings. The summed E-state index contributed by atoms with van der Waals surface area (Å²) in [4.78, 5) is 23.9. The van der Waals surface area contributed by atoms with E-state index in [-0.39, 0.29) is 23.7 Å². The molecule has 4 atom stereocenters. The molecule has 2 aliphatic carbocycles. The van der Waals surface area contributed by atoms with Crippen molar-refractivity contribution in [2.24, 2.45) is 23.7 Å². The lowest BCUT2D eigenvalue weighted by Crippen LogP contribution is -2.37. The second-order valence-corrected chi connectivity index (χ2v) is 6.08. The molecule has 0 unspecified atom stereocenters. The van der Waals surface area contributed by atoms with Crippen LogP contribution in [-0.2, 0) is 9.59 Å². The van der Waals surface area contributed by atoms with E-state index >= 15 is 0 Å². The van der Waals surface area contributed by atoms with Gasteiger partial charge in [-0.25, -0.2) is 0 Å². The van der Waals surface area contributed by atoms with Crippen molar-refractivity contribution in [3.05, 3.63) is 29.8 Å². The second kappa shape index (κ2) is 4.93. The normalized spacial score (nSPS) is 31.2. The molecule has 2 N–H and O–H groups in total. The molecule has 4 heteroatoms. The van der Waals surface area contributed by atoms with Crippen molar-refractivity contribution in [2.45, 2.75) is 26.2 Å². The number of nitrogens with one attached hydrogen (secondary N) is 1. The Bertz CT molecular complexity index is 554. The summed E-state index contributed by atoms with van der Waals surface area (Å²) in [5, 5.41) is 12.3. The van der Waals surface area contributed by atoms with Gasteiger partial charge in [-0.15, -0.1) is 0 Å². The van der Waals surface area contributed by atoms with Gasteiger partial charge < -0.3 is 10.4 Å². The summed E-state index contributed by atoms with van der Waals surface area (Å²) >= 11 is 0. The number of hydrogen-bond acceptors (Lipinski definition) is 2. The summed E-state index contributed by atoms with van der Waals surface area (Å²) in [6, 6.07) is 7.60. The van der Waals surface area contributed by atoms with Gasteiger partial charge in [0.1, 0.15) is 0 Å². The van der Waals surface area contributed by atoms with Crippen molar-refractivity contribution in [3.63, 3.8) is 0 Å². The van der Waals surface area contributed by atoms with Crippen LogP contribution in [0.15, 0.2) is 24.3 Å². The van der Waals surface area contributed by atoms with E-state index in [1.165, 1.54) is 0 Å². The summed E-state index contributed by atoms with van der Waals surface area (Å²) in [5.74, 6) is -1.39. The van der Waals surface area contributed by atoms with Crippen molar-refractivity contribution < 1.29 is 14.7 Å².